The Balaban J connectivity index is 2.02. The number of nitrogens with two attached hydrogens (primary N) is 1. The third-order valence-corrected chi connectivity index (χ3v) is 2.41. The summed E-state index contributed by atoms with van der Waals surface area (Å²) in [5.74, 6) is 1.49. The number of benzene rings is 1. The third-order valence-electron chi connectivity index (χ3n) is 2.41. The monoisotopic (exact) mass is 232 g/mol. The van der Waals surface area contributed by atoms with Crippen molar-refractivity contribution in [2.45, 2.75) is 26.5 Å². The zero-order chi connectivity index (χ0) is 12.1. The van der Waals surface area contributed by atoms with Crippen molar-refractivity contribution in [2.75, 3.05) is 5.73 Å². The molecule has 0 aliphatic carbocycles. The van der Waals surface area contributed by atoms with E-state index in [0.29, 0.717) is 18.0 Å². The Kier molecular flexibility index (Phi) is 3.59. The molecule has 1 aromatic heterocycles. The quantitative estimate of drug-likeness (QED) is 0.799. The molecule has 1 heterocycles. The number of hydrogen-bond donors (Lipinski definition) is 1. The van der Waals surface area contributed by atoms with Gasteiger partial charge in [0.25, 0.3) is 0 Å². The molecule has 2 aromatic rings. The van der Waals surface area contributed by atoms with Crippen LogP contribution >= 0.6 is 0 Å². The minimum Gasteiger partial charge on any atom is -0.483 e. The standard InChI is InChI=1S/C12H16N4O/c1-2-7-16-12(14-9-15-16)8-17-11-6-4-3-5-10(11)13/h3-6,9H,2,7-8,13H2,1H3. The smallest absolute Gasteiger partial charge is 0.164 e. The topological polar surface area (TPSA) is 66.0 Å². The van der Waals surface area contributed by atoms with Crippen LogP contribution in [-0.4, -0.2) is 14.8 Å². The van der Waals surface area contributed by atoms with Crippen molar-refractivity contribution in [1.29, 1.82) is 0 Å². The van der Waals surface area contributed by atoms with Crippen LogP contribution in [0.3, 0.4) is 0 Å². The van der Waals surface area contributed by atoms with Crippen LogP contribution < -0.4 is 10.5 Å². The lowest BCUT2D eigenvalue weighted by Gasteiger charge is -2.08. The largest absolute Gasteiger partial charge is 0.483 e. The Morgan fingerprint density at radius 3 is 2.94 bits per heavy atom. The van der Waals surface area contributed by atoms with Gasteiger partial charge in [-0.15, -0.1) is 0 Å². The number of nitrogens with zero attached hydrogens (tertiary/aromatic N) is 3. The van der Waals surface area contributed by atoms with Gasteiger partial charge in [0, 0.05) is 6.54 Å². The molecule has 0 unspecified atom stereocenters. The highest BCUT2D eigenvalue weighted by atomic mass is 16.5. The Hall–Kier alpha value is -2.04. The van der Waals surface area contributed by atoms with E-state index in [1.165, 1.54) is 0 Å². The molecule has 0 fully saturated rings. The Labute approximate surface area is 100 Å². The average molecular weight is 232 g/mol. The number of anilines is 1. The minimum atomic E-state index is 0.383. The first-order valence-corrected chi connectivity index (χ1v) is 5.65. The van der Waals surface area contributed by atoms with Crippen molar-refractivity contribution in [2.24, 2.45) is 0 Å². The molecule has 0 atom stereocenters. The number of para-hydroxylation sites is 2. The summed E-state index contributed by atoms with van der Waals surface area (Å²) in [6.45, 7) is 3.33. The number of rotatable bonds is 5. The van der Waals surface area contributed by atoms with E-state index in [-0.39, 0.29) is 0 Å². The van der Waals surface area contributed by atoms with E-state index in [2.05, 4.69) is 17.0 Å². The van der Waals surface area contributed by atoms with E-state index in [1.54, 1.807) is 6.33 Å². The molecule has 0 radical (unpaired) electrons. The summed E-state index contributed by atoms with van der Waals surface area (Å²) in [6, 6.07) is 7.42. The van der Waals surface area contributed by atoms with Crippen LogP contribution in [0.15, 0.2) is 30.6 Å². The summed E-state index contributed by atoms with van der Waals surface area (Å²) in [5.41, 5.74) is 6.42. The summed E-state index contributed by atoms with van der Waals surface area (Å²) in [6.07, 6.45) is 2.56. The maximum atomic E-state index is 5.79. The van der Waals surface area contributed by atoms with Gasteiger partial charge >= 0.3 is 0 Å². The van der Waals surface area contributed by atoms with Gasteiger partial charge in [-0.25, -0.2) is 9.67 Å². The van der Waals surface area contributed by atoms with Crippen LogP contribution in [0.4, 0.5) is 5.69 Å². The lowest BCUT2D eigenvalue weighted by molar-refractivity contribution is 0.287. The molecule has 0 bridgehead atoms. The Morgan fingerprint density at radius 1 is 1.35 bits per heavy atom. The number of aromatic nitrogens is 3. The molecule has 17 heavy (non-hydrogen) atoms. The average Bonchev–Trinajstić information content (AvgIpc) is 2.76. The van der Waals surface area contributed by atoms with Gasteiger partial charge in [-0.1, -0.05) is 19.1 Å². The van der Waals surface area contributed by atoms with Crippen LogP contribution in [0.5, 0.6) is 5.75 Å². The molecule has 5 nitrogen and oxygen atoms in total. The van der Waals surface area contributed by atoms with Crippen molar-refractivity contribution in [3.8, 4) is 5.75 Å². The number of aryl methyl sites for hydroxylation is 1. The maximum absolute atomic E-state index is 5.79. The molecule has 5 heteroatoms. The summed E-state index contributed by atoms with van der Waals surface area (Å²) in [4.78, 5) is 4.17. The molecule has 0 aliphatic rings. The van der Waals surface area contributed by atoms with Gasteiger partial charge in [0.1, 0.15) is 18.7 Å². The first-order valence-electron chi connectivity index (χ1n) is 5.65. The molecule has 90 valence electrons. The van der Waals surface area contributed by atoms with Crippen LogP contribution in [0.25, 0.3) is 0 Å². The molecule has 2 rings (SSSR count). The predicted octanol–water partition coefficient (Wildman–Crippen LogP) is 1.85. The highest BCUT2D eigenvalue weighted by Crippen LogP contribution is 2.20. The van der Waals surface area contributed by atoms with Crippen LogP contribution in [-0.2, 0) is 13.2 Å². The van der Waals surface area contributed by atoms with Crippen molar-refractivity contribution >= 4 is 5.69 Å². The van der Waals surface area contributed by atoms with Crippen molar-refractivity contribution < 1.29 is 4.74 Å². The van der Waals surface area contributed by atoms with E-state index in [1.807, 2.05) is 28.9 Å². The van der Waals surface area contributed by atoms with Gasteiger partial charge < -0.3 is 10.5 Å². The highest BCUT2D eigenvalue weighted by Gasteiger charge is 2.05. The molecular weight excluding hydrogens is 216 g/mol. The minimum absolute atomic E-state index is 0.383. The van der Waals surface area contributed by atoms with Crippen molar-refractivity contribution in [1.82, 2.24) is 14.8 Å². The Morgan fingerprint density at radius 2 is 2.18 bits per heavy atom. The van der Waals surface area contributed by atoms with E-state index < -0.39 is 0 Å². The molecule has 0 spiro atoms. The zero-order valence-corrected chi connectivity index (χ0v) is 9.84. The van der Waals surface area contributed by atoms with E-state index >= 15 is 0 Å². The summed E-state index contributed by atoms with van der Waals surface area (Å²) in [5, 5.41) is 4.13. The fourth-order valence-electron chi connectivity index (χ4n) is 1.55. The van der Waals surface area contributed by atoms with Gasteiger partial charge in [-0.3, -0.25) is 0 Å². The van der Waals surface area contributed by atoms with E-state index in [4.69, 9.17) is 10.5 Å². The molecular formula is C12H16N4O. The summed E-state index contributed by atoms with van der Waals surface area (Å²) >= 11 is 0. The molecule has 0 saturated carbocycles. The fraction of sp³-hybridized carbons (Fsp3) is 0.333. The van der Waals surface area contributed by atoms with Crippen molar-refractivity contribution in [3.63, 3.8) is 0 Å². The highest BCUT2D eigenvalue weighted by molar-refractivity contribution is 5.51. The SMILES string of the molecule is CCCn1ncnc1COc1ccccc1N. The van der Waals surface area contributed by atoms with E-state index in [0.717, 1.165) is 18.8 Å². The lowest BCUT2D eigenvalue weighted by atomic mass is 10.3. The first kappa shape index (κ1) is 11.4. The third kappa shape index (κ3) is 2.75. The first-order chi connectivity index (χ1) is 8.31. The van der Waals surface area contributed by atoms with Crippen LogP contribution in [0, 0.1) is 0 Å². The second kappa shape index (κ2) is 5.34. The fourth-order valence-corrected chi connectivity index (χ4v) is 1.55. The number of ether oxygens (including phenoxy) is 1. The molecule has 0 amide bonds. The second-order valence-corrected chi connectivity index (χ2v) is 3.73. The number of hydrogen-bond acceptors (Lipinski definition) is 4. The molecule has 0 aliphatic heterocycles. The normalized spacial score (nSPS) is 10.4. The van der Waals surface area contributed by atoms with Gasteiger partial charge in [-0.05, 0) is 18.6 Å². The van der Waals surface area contributed by atoms with Crippen LogP contribution in [0.1, 0.15) is 19.2 Å². The van der Waals surface area contributed by atoms with Gasteiger partial charge in [0.2, 0.25) is 0 Å². The molecule has 2 N–H and O–H groups in total. The van der Waals surface area contributed by atoms with Gasteiger partial charge in [0.05, 0.1) is 5.69 Å². The lowest BCUT2D eigenvalue weighted by Crippen LogP contribution is -2.09. The second-order valence-electron chi connectivity index (χ2n) is 3.73. The molecule has 0 saturated heterocycles. The predicted molar refractivity (Wildman–Crippen MR) is 65.5 cm³/mol. The summed E-state index contributed by atoms with van der Waals surface area (Å²) in [7, 11) is 0. The van der Waals surface area contributed by atoms with Crippen molar-refractivity contribution in [3.05, 3.63) is 36.4 Å². The molecule has 1 aromatic carbocycles. The zero-order valence-electron chi connectivity index (χ0n) is 9.84. The summed E-state index contributed by atoms with van der Waals surface area (Å²) < 4.78 is 7.47. The van der Waals surface area contributed by atoms with Crippen LogP contribution in [0.2, 0.25) is 0 Å². The number of nitrogen functional groups attached to an aromatic ring is 1. The van der Waals surface area contributed by atoms with Gasteiger partial charge in [0.15, 0.2) is 5.82 Å². The maximum Gasteiger partial charge on any atom is 0.164 e. The van der Waals surface area contributed by atoms with E-state index in [9.17, 15) is 0 Å². The van der Waals surface area contributed by atoms with Gasteiger partial charge in [-0.2, -0.15) is 5.10 Å². The Bertz CT molecular complexity index is 481.